The van der Waals surface area contributed by atoms with Crippen molar-refractivity contribution in [3.8, 4) is 17.1 Å². The molecular weight excluding hydrogens is 266 g/mol. The smallest absolute Gasteiger partial charge is 0.182 e. The second-order valence-corrected chi connectivity index (χ2v) is 5.29. The number of hydrogen-bond acceptors (Lipinski definition) is 5. The van der Waals surface area contributed by atoms with Crippen LogP contribution < -0.4 is 10.5 Å². The van der Waals surface area contributed by atoms with Crippen LogP contribution in [0.15, 0.2) is 18.2 Å². The Balaban J connectivity index is 2.25. The van der Waals surface area contributed by atoms with Crippen molar-refractivity contribution in [3.05, 3.63) is 18.2 Å². The highest BCUT2D eigenvalue weighted by atomic mass is 16.5. The first kappa shape index (κ1) is 15.3. The highest BCUT2D eigenvalue weighted by Gasteiger charge is 2.15. The molecular formula is C15H23N5O. The largest absolute Gasteiger partial charge is 0.497 e. The van der Waals surface area contributed by atoms with Crippen LogP contribution in [0.3, 0.4) is 0 Å². The summed E-state index contributed by atoms with van der Waals surface area (Å²) >= 11 is 0. The standard InChI is InChI=1S/C15H23N5O/c1-4-5-6-7-11(2)20-15(17-18-19-20)12-8-13(16)10-14(9-12)21-3/h8-11H,4-7,16H2,1-3H3. The fourth-order valence-electron chi connectivity index (χ4n) is 2.36. The highest BCUT2D eigenvalue weighted by Crippen LogP contribution is 2.27. The van der Waals surface area contributed by atoms with Crippen LogP contribution in [-0.2, 0) is 0 Å². The Kier molecular flexibility index (Phi) is 5.14. The van der Waals surface area contributed by atoms with Gasteiger partial charge in [-0.05, 0) is 35.9 Å². The topological polar surface area (TPSA) is 78.9 Å². The fraction of sp³-hybridized carbons (Fsp3) is 0.533. The van der Waals surface area contributed by atoms with Crippen LogP contribution in [0.2, 0.25) is 0 Å². The maximum absolute atomic E-state index is 5.91. The SMILES string of the molecule is CCCCCC(C)n1nnnc1-c1cc(N)cc(OC)c1. The molecule has 0 aliphatic carbocycles. The third-order valence-electron chi connectivity index (χ3n) is 3.56. The summed E-state index contributed by atoms with van der Waals surface area (Å²) < 4.78 is 7.12. The molecule has 0 saturated heterocycles. The maximum atomic E-state index is 5.91. The van der Waals surface area contributed by atoms with E-state index >= 15 is 0 Å². The molecule has 0 radical (unpaired) electrons. The number of nitrogens with zero attached hydrogens (tertiary/aromatic N) is 4. The molecule has 6 nitrogen and oxygen atoms in total. The van der Waals surface area contributed by atoms with Gasteiger partial charge in [0.25, 0.3) is 0 Å². The van der Waals surface area contributed by atoms with Crippen LogP contribution in [-0.4, -0.2) is 27.3 Å². The molecule has 1 unspecified atom stereocenters. The zero-order valence-electron chi connectivity index (χ0n) is 12.9. The van der Waals surface area contributed by atoms with E-state index in [0.29, 0.717) is 11.4 Å². The summed E-state index contributed by atoms with van der Waals surface area (Å²) in [5, 5.41) is 12.1. The number of tetrazole rings is 1. The average molecular weight is 289 g/mol. The minimum absolute atomic E-state index is 0.258. The molecule has 0 saturated carbocycles. The number of benzene rings is 1. The predicted octanol–water partition coefficient (Wildman–Crippen LogP) is 3.07. The summed E-state index contributed by atoms with van der Waals surface area (Å²) in [6, 6.07) is 5.80. The number of rotatable bonds is 7. The number of nitrogens with two attached hydrogens (primary N) is 1. The van der Waals surface area contributed by atoms with Crippen molar-refractivity contribution in [1.82, 2.24) is 20.2 Å². The monoisotopic (exact) mass is 289 g/mol. The first-order valence-electron chi connectivity index (χ1n) is 7.38. The zero-order valence-corrected chi connectivity index (χ0v) is 12.9. The second kappa shape index (κ2) is 7.06. The molecule has 0 aliphatic rings. The third-order valence-corrected chi connectivity index (χ3v) is 3.56. The molecule has 1 atom stereocenters. The van der Waals surface area contributed by atoms with Crippen molar-refractivity contribution < 1.29 is 4.74 Å². The molecule has 6 heteroatoms. The molecule has 114 valence electrons. The summed E-state index contributed by atoms with van der Waals surface area (Å²) in [4.78, 5) is 0. The first-order valence-corrected chi connectivity index (χ1v) is 7.38. The lowest BCUT2D eigenvalue weighted by Crippen LogP contribution is -2.09. The molecule has 21 heavy (non-hydrogen) atoms. The van der Waals surface area contributed by atoms with Gasteiger partial charge in [-0.1, -0.05) is 26.2 Å². The lowest BCUT2D eigenvalue weighted by atomic mass is 10.1. The minimum atomic E-state index is 0.258. The van der Waals surface area contributed by atoms with E-state index in [0.717, 1.165) is 17.8 Å². The molecule has 0 aliphatic heterocycles. The Morgan fingerprint density at radius 2 is 2.10 bits per heavy atom. The van der Waals surface area contributed by atoms with Gasteiger partial charge in [-0.15, -0.1) is 5.10 Å². The number of aromatic nitrogens is 4. The van der Waals surface area contributed by atoms with Crippen LogP contribution in [0.5, 0.6) is 5.75 Å². The van der Waals surface area contributed by atoms with Gasteiger partial charge in [-0.3, -0.25) is 0 Å². The second-order valence-electron chi connectivity index (χ2n) is 5.29. The summed E-state index contributed by atoms with van der Waals surface area (Å²) in [5.74, 6) is 1.43. The van der Waals surface area contributed by atoms with Gasteiger partial charge in [0.15, 0.2) is 5.82 Å². The van der Waals surface area contributed by atoms with Crippen molar-refractivity contribution in [3.63, 3.8) is 0 Å². The number of nitrogen functional groups attached to an aromatic ring is 1. The number of anilines is 1. The summed E-state index contributed by atoms with van der Waals surface area (Å²) in [7, 11) is 1.62. The van der Waals surface area contributed by atoms with E-state index in [4.69, 9.17) is 10.5 Å². The van der Waals surface area contributed by atoms with E-state index in [1.807, 2.05) is 16.8 Å². The number of methoxy groups -OCH3 is 1. The van der Waals surface area contributed by atoms with E-state index in [9.17, 15) is 0 Å². The Morgan fingerprint density at radius 3 is 2.81 bits per heavy atom. The molecule has 1 aromatic carbocycles. The number of ether oxygens (including phenoxy) is 1. The molecule has 1 aromatic heterocycles. The highest BCUT2D eigenvalue weighted by molar-refractivity contribution is 5.64. The lowest BCUT2D eigenvalue weighted by molar-refractivity contribution is 0.414. The molecule has 2 rings (SSSR count). The first-order chi connectivity index (χ1) is 10.2. The number of unbranched alkanes of at least 4 members (excludes halogenated alkanes) is 2. The van der Waals surface area contributed by atoms with Crippen molar-refractivity contribution in [1.29, 1.82) is 0 Å². The van der Waals surface area contributed by atoms with Crippen molar-refractivity contribution in [2.24, 2.45) is 0 Å². The van der Waals surface area contributed by atoms with Gasteiger partial charge in [0.05, 0.1) is 13.2 Å². The van der Waals surface area contributed by atoms with Crippen LogP contribution in [0.1, 0.15) is 45.6 Å². The third kappa shape index (κ3) is 3.71. The summed E-state index contributed by atoms with van der Waals surface area (Å²) in [5.41, 5.74) is 7.42. The van der Waals surface area contributed by atoms with Gasteiger partial charge in [0.2, 0.25) is 0 Å². The van der Waals surface area contributed by atoms with E-state index in [-0.39, 0.29) is 6.04 Å². The van der Waals surface area contributed by atoms with Crippen LogP contribution in [0, 0.1) is 0 Å². The molecule has 2 aromatic rings. The van der Waals surface area contributed by atoms with Gasteiger partial charge in [-0.25, -0.2) is 4.68 Å². The maximum Gasteiger partial charge on any atom is 0.182 e. The van der Waals surface area contributed by atoms with Crippen LogP contribution in [0.25, 0.3) is 11.4 Å². The van der Waals surface area contributed by atoms with E-state index < -0.39 is 0 Å². The Morgan fingerprint density at radius 1 is 1.29 bits per heavy atom. The zero-order chi connectivity index (χ0) is 15.2. The van der Waals surface area contributed by atoms with E-state index in [1.54, 1.807) is 13.2 Å². The van der Waals surface area contributed by atoms with Gasteiger partial charge in [0.1, 0.15) is 5.75 Å². The summed E-state index contributed by atoms with van der Waals surface area (Å²) in [6.07, 6.45) is 4.68. The van der Waals surface area contributed by atoms with Crippen molar-refractivity contribution in [2.75, 3.05) is 12.8 Å². The molecule has 0 bridgehead atoms. The molecule has 2 N–H and O–H groups in total. The minimum Gasteiger partial charge on any atom is -0.497 e. The molecule has 0 fully saturated rings. The lowest BCUT2D eigenvalue weighted by Gasteiger charge is -2.14. The van der Waals surface area contributed by atoms with Gasteiger partial charge in [-0.2, -0.15) is 0 Å². The Hall–Kier alpha value is -2.11. The fourth-order valence-corrected chi connectivity index (χ4v) is 2.36. The average Bonchev–Trinajstić information content (AvgIpc) is 2.96. The molecule has 0 amide bonds. The van der Waals surface area contributed by atoms with E-state index in [1.165, 1.54) is 19.3 Å². The van der Waals surface area contributed by atoms with Gasteiger partial charge in [0, 0.05) is 17.3 Å². The Bertz CT molecular complexity index is 581. The Labute approximate surface area is 125 Å². The predicted molar refractivity (Wildman–Crippen MR) is 83.1 cm³/mol. The van der Waals surface area contributed by atoms with Gasteiger partial charge >= 0.3 is 0 Å². The van der Waals surface area contributed by atoms with Crippen molar-refractivity contribution >= 4 is 5.69 Å². The van der Waals surface area contributed by atoms with Crippen LogP contribution >= 0.6 is 0 Å². The van der Waals surface area contributed by atoms with Crippen LogP contribution in [0.4, 0.5) is 5.69 Å². The van der Waals surface area contributed by atoms with Gasteiger partial charge < -0.3 is 10.5 Å². The number of hydrogen-bond donors (Lipinski definition) is 1. The summed E-state index contributed by atoms with van der Waals surface area (Å²) in [6.45, 7) is 4.34. The quantitative estimate of drug-likeness (QED) is 0.626. The van der Waals surface area contributed by atoms with Crippen molar-refractivity contribution in [2.45, 2.75) is 45.6 Å². The normalized spacial score (nSPS) is 12.3. The molecule has 1 heterocycles. The van der Waals surface area contributed by atoms with E-state index in [2.05, 4.69) is 29.4 Å². The molecule has 0 spiro atoms.